The minimum absolute atomic E-state index is 0.179. The van der Waals surface area contributed by atoms with Crippen molar-refractivity contribution >= 4 is 17.6 Å². The summed E-state index contributed by atoms with van der Waals surface area (Å²) >= 11 is 0. The summed E-state index contributed by atoms with van der Waals surface area (Å²) in [7, 11) is 0. The number of furan rings is 1. The Morgan fingerprint density at radius 3 is 1.86 bits per heavy atom. The Kier molecular flexibility index (Phi) is 5.24. The number of rotatable bonds is 4. The lowest BCUT2D eigenvalue weighted by Gasteiger charge is -2.34. The molecule has 0 bridgehead atoms. The van der Waals surface area contributed by atoms with Gasteiger partial charge in [-0.1, -0.05) is 48.5 Å². The van der Waals surface area contributed by atoms with Gasteiger partial charge in [-0.15, -0.1) is 0 Å². The molecule has 6 nitrogen and oxygen atoms in total. The van der Waals surface area contributed by atoms with Crippen LogP contribution in [0.1, 0.15) is 36.8 Å². The molecule has 0 saturated carbocycles. The average molecular weight is 388 g/mol. The van der Waals surface area contributed by atoms with Gasteiger partial charge < -0.3 is 14.2 Å². The first-order chi connectivity index (χ1) is 14.1. The fourth-order valence-corrected chi connectivity index (χ4v) is 3.45. The van der Waals surface area contributed by atoms with E-state index in [9.17, 15) is 14.4 Å². The highest BCUT2D eigenvalue weighted by Gasteiger charge is 2.28. The van der Waals surface area contributed by atoms with Gasteiger partial charge in [-0.3, -0.25) is 14.4 Å². The van der Waals surface area contributed by atoms with Crippen molar-refractivity contribution in [3.63, 3.8) is 0 Å². The standard InChI is InChI=1S/C23H20N2O4/c26-21(17-7-2-1-3-8-17)18-9-4-5-10-19(18)22(27)24-12-14-25(15-13-24)23(28)20-11-6-16-29-20/h1-11,16H,12-15H2. The first-order valence-corrected chi connectivity index (χ1v) is 9.46. The van der Waals surface area contributed by atoms with E-state index >= 15 is 0 Å². The van der Waals surface area contributed by atoms with E-state index in [1.807, 2.05) is 6.07 Å². The SMILES string of the molecule is O=C(c1ccccc1)c1ccccc1C(=O)N1CCN(C(=O)c2ccco2)CC1. The van der Waals surface area contributed by atoms with Crippen LogP contribution in [0.15, 0.2) is 77.4 Å². The number of piperazine rings is 1. The second-order valence-electron chi connectivity index (χ2n) is 6.80. The Morgan fingerprint density at radius 2 is 1.24 bits per heavy atom. The molecule has 3 aromatic rings. The fraction of sp³-hybridized carbons (Fsp3) is 0.174. The van der Waals surface area contributed by atoms with Crippen molar-refractivity contribution in [2.75, 3.05) is 26.2 Å². The number of hydrogen-bond donors (Lipinski definition) is 0. The zero-order chi connectivity index (χ0) is 20.2. The number of benzene rings is 2. The number of hydrogen-bond acceptors (Lipinski definition) is 4. The van der Waals surface area contributed by atoms with E-state index in [1.54, 1.807) is 70.5 Å². The lowest BCUT2D eigenvalue weighted by molar-refractivity contribution is 0.0517. The van der Waals surface area contributed by atoms with Crippen LogP contribution in [0, 0.1) is 0 Å². The quantitative estimate of drug-likeness (QED) is 0.644. The van der Waals surface area contributed by atoms with Crippen molar-refractivity contribution < 1.29 is 18.8 Å². The van der Waals surface area contributed by atoms with E-state index in [2.05, 4.69) is 0 Å². The van der Waals surface area contributed by atoms with Gasteiger partial charge in [-0.05, 0) is 18.2 Å². The maximum atomic E-state index is 13.1. The molecule has 0 aliphatic carbocycles. The Labute approximate surface area is 168 Å². The van der Waals surface area contributed by atoms with Crippen LogP contribution in [0.25, 0.3) is 0 Å². The van der Waals surface area contributed by atoms with Gasteiger partial charge in [0.25, 0.3) is 11.8 Å². The lowest BCUT2D eigenvalue weighted by Crippen LogP contribution is -2.50. The molecule has 0 unspecified atom stereocenters. The minimum Gasteiger partial charge on any atom is -0.459 e. The van der Waals surface area contributed by atoms with Gasteiger partial charge in [-0.2, -0.15) is 0 Å². The molecule has 0 spiro atoms. The summed E-state index contributed by atoms with van der Waals surface area (Å²) in [4.78, 5) is 41.8. The third kappa shape index (κ3) is 3.82. The van der Waals surface area contributed by atoms with Crippen molar-refractivity contribution in [2.24, 2.45) is 0 Å². The fourth-order valence-electron chi connectivity index (χ4n) is 3.45. The number of amides is 2. The number of carbonyl (C=O) groups is 3. The molecule has 2 aromatic carbocycles. The van der Waals surface area contributed by atoms with Crippen molar-refractivity contribution in [3.05, 3.63) is 95.4 Å². The maximum Gasteiger partial charge on any atom is 0.289 e. The number of carbonyl (C=O) groups excluding carboxylic acids is 3. The van der Waals surface area contributed by atoms with Crippen LogP contribution in [0.5, 0.6) is 0 Å². The van der Waals surface area contributed by atoms with Gasteiger partial charge in [0.1, 0.15) is 0 Å². The molecular formula is C23H20N2O4. The predicted octanol–water partition coefficient (Wildman–Crippen LogP) is 3.11. The van der Waals surface area contributed by atoms with E-state index in [1.165, 1.54) is 6.26 Å². The maximum absolute atomic E-state index is 13.1. The zero-order valence-electron chi connectivity index (χ0n) is 15.8. The zero-order valence-corrected chi connectivity index (χ0v) is 15.8. The third-order valence-corrected chi connectivity index (χ3v) is 5.02. The summed E-state index contributed by atoms with van der Waals surface area (Å²) in [6.45, 7) is 1.64. The highest BCUT2D eigenvalue weighted by Crippen LogP contribution is 2.18. The van der Waals surface area contributed by atoms with Gasteiger partial charge in [0.15, 0.2) is 11.5 Å². The summed E-state index contributed by atoms with van der Waals surface area (Å²) in [5, 5.41) is 0. The lowest BCUT2D eigenvalue weighted by atomic mass is 9.97. The second kappa shape index (κ2) is 8.14. The van der Waals surface area contributed by atoms with Gasteiger partial charge >= 0.3 is 0 Å². The summed E-state index contributed by atoms with van der Waals surface area (Å²) in [6.07, 6.45) is 1.47. The molecule has 1 fully saturated rings. The van der Waals surface area contributed by atoms with Crippen molar-refractivity contribution in [1.29, 1.82) is 0 Å². The van der Waals surface area contributed by atoms with Crippen LogP contribution in [0.4, 0.5) is 0 Å². The molecule has 146 valence electrons. The van der Waals surface area contributed by atoms with Gasteiger partial charge in [0.2, 0.25) is 0 Å². The Hall–Kier alpha value is -3.67. The van der Waals surface area contributed by atoms with E-state index < -0.39 is 0 Å². The Morgan fingerprint density at radius 1 is 0.655 bits per heavy atom. The highest BCUT2D eigenvalue weighted by molar-refractivity contribution is 6.15. The van der Waals surface area contributed by atoms with Crippen molar-refractivity contribution in [1.82, 2.24) is 9.80 Å². The molecule has 0 radical (unpaired) electrons. The smallest absolute Gasteiger partial charge is 0.289 e. The largest absolute Gasteiger partial charge is 0.459 e. The second-order valence-corrected chi connectivity index (χ2v) is 6.80. The number of nitrogens with zero attached hydrogens (tertiary/aromatic N) is 2. The number of ketones is 1. The van der Waals surface area contributed by atoms with Crippen molar-refractivity contribution in [3.8, 4) is 0 Å². The molecule has 1 aliphatic heterocycles. The van der Waals surface area contributed by atoms with Crippen LogP contribution >= 0.6 is 0 Å². The molecule has 0 N–H and O–H groups in total. The minimum atomic E-state index is -0.199. The van der Waals surface area contributed by atoms with Crippen molar-refractivity contribution in [2.45, 2.75) is 0 Å². The van der Waals surface area contributed by atoms with E-state index in [4.69, 9.17) is 4.42 Å². The van der Waals surface area contributed by atoms with Gasteiger partial charge in [-0.25, -0.2) is 0 Å². The molecule has 4 rings (SSSR count). The first-order valence-electron chi connectivity index (χ1n) is 9.46. The summed E-state index contributed by atoms with van der Waals surface area (Å²) in [5.41, 5.74) is 1.31. The topological polar surface area (TPSA) is 70.8 Å². The van der Waals surface area contributed by atoms with E-state index in [0.717, 1.165) is 0 Å². The monoisotopic (exact) mass is 388 g/mol. The molecule has 29 heavy (non-hydrogen) atoms. The van der Waals surface area contributed by atoms with Crippen LogP contribution in [-0.2, 0) is 0 Å². The Bertz CT molecular complexity index is 1020. The highest BCUT2D eigenvalue weighted by atomic mass is 16.3. The molecule has 1 aromatic heterocycles. The van der Waals surface area contributed by atoms with Crippen LogP contribution in [0.3, 0.4) is 0 Å². The van der Waals surface area contributed by atoms with Crippen LogP contribution in [-0.4, -0.2) is 53.6 Å². The molecule has 1 saturated heterocycles. The van der Waals surface area contributed by atoms with Gasteiger partial charge in [0, 0.05) is 37.3 Å². The molecule has 0 atom stereocenters. The van der Waals surface area contributed by atoms with E-state index in [-0.39, 0.29) is 17.6 Å². The molecule has 6 heteroatoms. The summed E-state index contributed by atoms with van der Waals surface area (Å²) < 4.78 is 5.17. The molecule has 1 aliphatic rings. The third-order valence-electron chi connectivity index (χ3n) is 5.02. The van der Waals surface area contributed by atoms with Crippen LogP contribution in [0.2, 0.25) is 0 Å². The normalized spacial score (nSPS) is 13.9. The summed E-state index contributed by atoms with van der Waals surface area (Å²) in [5.74, 6) is -0.263. The van der Waals surface area contributed by atoms with Gasteiger partial charge in [0.05, 0.1) is 11.8 Å². The predicted molar refractivity (Wildman–Crippen MR) is 107 cm³/mol. The molecule has 2 amide bonds. The van der Waals surface area contributed by atoms with Crippen LogP contribution < -0.4 is 0 Å². The molecular weight excluding hydrogens is 368 g/mol. The summed E-state index contributed by atoms with van der Waals surface area (Å²) in [6, 6.07) is 19.1. The average Bonchev–Trinajstić information content (AvgIpc) is 3.33. The molecule has 2 heterocycles. The Balaban J connectivity index is 1.48. The first kappa shape index (κ1) is 18.7. The van der Waals surface area contributed by atoms with E-state index in [0.29, 0.717) is 48.6 Å².